The first-order valence-corrected chi connectivity index (χ1v) is 7.92. The highest BCUT2D eigenvalue weighted by Gasteiger charge is 2.14. The van der Waals surface area contributed by atoms with Gasteiger partial charge in [0.1, 0.15) is 0 Å². The molecule has 0 aliphatic heterocycles. The first kappa shape index (κ1) is 17.8. The number of hydrogen-bond donors (Lipinski definition) is 2. The summed E-state index contributed by atoms with van der Waals surface area (Å²) in [4.78, 5) is 4.39. The third kappa shape index (κ3) is 5.53. The average Bonchev–Trinajstić information content (AvgIpc) is 3.18. The summed E-state index contributed by atoms with van der Waals surface area (Å²) in [5.74, 6) is 0.532. The maximum atomic E-state index is 5.94. The van der Waals surface area contributed by atoms with E-state index in [1.807, 2.05) is 35.1 Å². The van der Waals surface area contributed by atoms with E-state index in [4.69, 9.17) is 5.73 Å². The van der Waals surface area contributed by atoms with Crippen LogP contribution in [0, 0.1) is 0 Å². The molecule has 0 amide bonds. The quantitative estimate of drug-likeness (QED) is 0.440. The van der Waals surface area contributed by atoms with Gasteiger partial charge in [-0.1, -0.05) is 43.2 Å². The van der Waals surface area contributed by atoms with Gasteiger partial charge in [0, 0.05) is 12.2 Å². The number of aromatic nitrogens is 2. The highest BCUT2D eigenvalue weighted by molar-refractivity contribution is 14.0. The number of guanidine groups is 1. The Morgan fingerprint density at radius 3 is 2.70 bits per heavy atom. The Morgan fingerprint density at radius 1 is 1.22 bits per heavy atom. The second-order valence-electron chi connectivity index (χ2n) is 5.82. The van der Waals surface area contributed by atoms with Crippen LogP contribution in [0.5, 0.6) is 0 Å². The smallest absolute Gasteiger partial charge is 0.189 e. The highest BCUT2D eigenvalue weighted by atomic mass is 127. The molecule has 124 valence electrons. The van der Waals surface area contributed by atoms with E-state index in [0.29, 0.717) is 18.5 Å². The maximum absolute atomic E-state index is 5.94. The van der Waals surface area contributed by atoms with Crippen molar-refractivity contribution in [3.8, 4) is 0 Å². The van der Waals surface area contributed by atoms with Gasteiger partial charge in [-0.15, -0.1) is 24.0 Å². The van der Waals surface area contributed by atoms with Crippen molar-refractivity contribution in [2.24, 2.45) is 10.7 Å². The molecule has 1 fully saturated rings. The first-order valence-electron chi connectivity index (χ1n) is 7.92. The van der Waals surface area contributed by atoms with Gasteiger partial charge in [0.25, 0.3) is 0 Å². The van der Waals surface area contributed by atoms with Crippen LogP contribution in [-0.4, -0.2) is 21.8 Å². The topological polar surface area (TPSA) is 68.2 Å². The number of nitrogens with two attached hydrogens (primary N) is 1. The van der Waals surface area contributed by atoms with Gasteiger partial charge < -0.3 is 11.1 Å². The van der Waals surface area contributed by atoms with Gasteiger partial charge in [-0.3, -0.25) is 4.68 Å². The lowest BCUT2D eigenvalue weighted by molar-refractivity contribution is 0.624. The average molecular weight is 425 g/mol. The van der Waals surface area contributed by atoms with E-state index in [0.717, 1.165) is 12.2 Å². The van der Waals surface area contributed by atoms with Gasteiger partial charge in [-0.25, -0.2) is 4.99 Å². The monoisotopic (exact) mass is 425 g/mol. The molecular formula is C17H24IN5. The Bertz CT molecular complexity index is 617. The lowest BCUT2D eigenvalue weighted by Gasteiger charge is -2.11. The SMILES string of the molecule is I.NC(=NCc1ccn(Cc2ccccc2)n1)NC1CCCC1. The van der Waals surface area contributed by atoms with Crippen LogP contribution in [0.15, 0.2) is 47.6 Å². The molecule has 5 nitrogen and oxygen atoms in total. The number of benzene rings is 1. The zero-order valence-electron chi connectivity index (χ0n) is 13.2. The summed E-state index contributed by atoms with van der Waals surface area (Å²) < 4.78 is 1.93. The van der Waals surface area contributed by atoms with Crippen LogP contribution in [0.1, 0.15) is 36.9 Å². The Kier molecular flexibility index (Phi) is 6.88. The van der Waals surface area contributed by atoms with Gasteiger partial charge >= 0.3 is 0 Å². The molecule has 1 aromatic heterocycles. The molecule has 3 rings (SSSR count). The summed E-state index contributed by atoms with van der Waals surface area (Å²) in [5, 5.41) is 7.82. The van der Waals surface area contributed by atoms with Crippen LogP contribution in [0.2, 0.25) is 0 Å². The molecule has 1 heterocycles. The second-order valence-corrected chi connectivity index (χ2v) is 5.82. The van der Waals surface area contributed by atoms with Gasteiger partial charge in [-0.2, -0.15) is 5.10 Å². The lowest BCUT2D eigenvalue weighted by Crippen LogP contribution is -2.38. The van der Waals surface area contributed by atoms with Gasteiger partial charge in [0.05, 0.1) is 18.8 Å². The first-order chi connectivity index (χ1) is 10.8. The molecule has 0 atom stereocenters. The summed E-state index contributed by atoms with van der Waals surface area (Å²) >= 11 is 0. The van der Waals surface area contributed by atoms with E-state index in [1.54, 1.807) is 0 Å². The molecule has 0 unspecified atom stereocenters. The Hall–Kier alpha value is -1.57. The minimum Gasteiger partial charge on any atom is -0.370 e. The molecule has 3 N–H and O–H groups in total. The van der Waals surface area contributed by atoms with Gasteiger partial charge in [0.15, 0.2) is 5.96 Å². The van der Waals surface area contributed by atoms with Crippen molar-refractivity contribution in [2.75, 3.05) is 0 Å². The molecule has 0 spiro atoms. The van der Waals surface area contributed by atoms with E-state index in [9.17, 15) is 0 Å². The Morgan fingerprint density at radius 2 is 1.96 bits per heavy atom. The Labute approximate surface area is 154 Å². The second kappa shape index (κ2) is 8.90. The number of nitrogens with one attached hydrogen (secondary N) is 1. The zero-order valence-corrected chi connectivity index (χ0v) is 15.5. The fraction of sp³-hybridized carbons (Fsp3) is 0.412. The van der Waals surface area contributed by atoms with Crippen LogP contribution in [0.3, 0.4) is 0 Å². The van der Waals surface area contributed by atoms with Crippen molar-refractivity contribution in [3.63, 3.8) is 0 Å². The van der Waals surface area contributed by atoms with Crippen molar-refractivity contribution in [1.29, 1.82) is 0 Å². The minimum absolute atomic E-state index is 0. The highest BCUT2D eigenvalue weighted by Crippen LogP contribution is 2.17. The van der Waals surface area contributed by atoms with Crippen molar-refractivity contribution < 1.29 is 0 Å². The number of hydrogen-bond acceptors (Lipinski definition) is 2. The summed E-state index contributed by atoms with van der Waals surface area (Å²) in [6.45, 7) is 1.30. The molecule has 6 heteroatoms. The van der Waals surface area contributed by atoms with Crippen LogP contribution in [-0.2, 0) is 13.1 Å². The standard InChI is InChI=1S/C17H23N5.HI/c18-17(20-15-8-4-5-9-15)19-12-16-10-11-22(21-16)13-14-6-2-1-3-7-14;/h1-3,6-7,10-11,15H,4-5,8-9,12-13H2,(H3,18,19,20);1H. The summed E-state index contributed by atoms with van der Waals surface area (Å²) in [6.07, 6.45) is 6.95. The predicted molar refractivity (Wildman–Crippen MR) is 104 cm³/mol. The molecule has 1 aliphatic carbocycles. The summed E-state index contributed by atoms with van der Waals surface area (Å²) in [7, 11) is 0. The van der Waals surface area contributed by atoms with E-state index in [1.165, 1.54) is 31.2 Å². The van der Waals surface area contributed by atoms with Gasteiger partial charge in [0.2, 0.25) is 0 Å². The molecule has 0 radical (unpaired) electrons. The molecule has 1 aliphatic rings. The third-order valence-corrected chi connectivity index (χ3v) is 4.00. The fourth-order valence-electron chi connectivity index (χ4n) is 2.84. The maximum Gasteiger partial charge on any atom is 0.189 e. The molecule has 1 aromatic carbocycles. The lowest BCUT2D eigenvalue weighted by atomic mass is 10.2. The van der Waals surface area contributed by atoms with Crippen LogP contribution < -0.4 is 11.1 Å². The van der Waals surface area contributed by atoms with Crippen molar-refractivity contribution in [1.82, 2.24) is 15.1 Å². The van der Waals surface area contributed by atoms with Crippen molar-refractivity contribution >= 4 is 29.9 Å². The number of rotatable bonds is 5. The number of halogens is 1. The van der Waals surface area contributed by atoms with E-state index in [-0.39, 0.29) is 24.0 Å². The van der Waals surface area contributed by atoms with E-state index in [2.05, 4.69) is 27.5 Å². The van der Waals surface area contributed by atoms with Crippen LogP contribution in [0.25, 0.3) is 0 Å². The van der Waals surface area contributed by atoms with Crippen LogP contribution >= 0.6 is 24.0 Å². The normalized spacial score (nSPS) is 15.4. The van der Waals surface area contributed by atoms with Crippen molar-refractivity contribution in [3.05, 3.63) is 53.9 Å². The Balaban J connectivity index is 0.00000192. The van der Waals surface area contributed by atoms with Crippen molar-refractivity contribution in [2.45, 2.75) is 44.8 Å². The zero-order chi connectivity index (χ0) is 15.2. The predicted octanol–water partition coefficient (Wildman–Crippen LogP) is 2.90. The summed E-state index contributed by atoms with van der Waals surface area (Å²) in [6, 6.07) is 12.8. The molecule has 0 bridgehead atoms. The van der Waals surface area contributed by atoms with Crippen LogP contribution in [0.4, 0.5) is 0 Å². The number of nitrogens with zero attached hydrogens (tertiary/aromatic N) is 3. The van der Waals surface area contributed by atoms with Gasteiger partial charge in [-0.05, 0) is 24.5 Å². The third-order valence-electron chi connectivity index (χ3n) is 4.00. The number of aliphatic imine (C=N–C) groups is 1. The minimum atomic E-state index is 0. The molecular weight excluding hydrogens is 401 g/mol. The summed E-state index contributed by atoms with van der Waals surface area (Å²) in [5.41, 5.74) is 8.11. The largest absolute Gasteiger partial charge is 0.370 e. The molecule has 2 aromatic rings. The molecule has 1 saturated carbocycles. The van der Waals surface area contributed by atoms with E-state index >= 15 is 0 Å². The molecule has 23 heavy (non-hydrogen) atoms. The molecule has 0 saturated heterocycles. The fourth-order valence-corrected chi connectivity index (χ4v) is 2.84. The van der Waals surface area contributed by atoms with E-state index < -0.39 is 0 Å².